The zero-order chi connectivity index (χ0) is 66.5. The van der Waals surface area contributed by atoms with Gasteiger partial charge in [0.15, 0.2) is 12.2 Å². The Bertz CT molecular complexity index is 1750. The Morgan fingerprint density at radius 3 is 0.844 bits per heavy atom. The van der Waals surface area contributed by atoms with E-state index in [-0.39, 0.29) is 25.7 Å². The molecule has 0 aliphatic heterocycles. The third-order valence-corrected chi connectivity index (χ3v) is 18.7. The van der Waals surface area contributed by atoms with Crippen molar-refractivity contribution in [2.24, 2.45) is 11.8 Å². The Kier molecular flexibility index (Phi) is 61.8. The Morgan fingerprint density at radius 1 is 0.322 bits per heavy atom. The van der Waals surface area contributed by atoms with Crippen molar-refractivity contribution in [2.45, 2.75) is 381 Å². The van der Waals surface area contributed by atoms with Crippen molar-refractivity contribution in [1.29, 1.82) is 0 Å². The van der Waals surface area contributed by atoms with Gasteiger partial charge in [0.25, 0.3) is 0 Å². The average Bonchev–Trinajstić information content (AvgIpc) is 3.12. The van der Waals surface area contributed by atoms with Gasteiger partial charge in [0.05, 0.1) is 26.4 Å². The van der Waals surface area contributed by atoms with Crippen LogP contribution in [-0.4, -0.2) is 96.7 Å². The van der Waals surface area contributed by atoms with Gasteiger partial charge in [-0.3, -0.25) is 37.3 Å². The SMILES string of the molecule is CCCCCCCCCCCC(=O)O[C@H](COC(=O)CCCCCCC)COP(=O)(O)OC[C@H](O)COP(=O)(O)OC[C@@H](COC(=O)CCCCCCCCCCCCCCCCC(C)CC)OC(=O)CCCCCCCCCCCCCCCCCC(C)C. The van der Waals surface area contributed by atoms with Crippen molar-refractivity contribution in [3.63, 3.8) is 0 Å². The molecule has 19 heteroatoms. The predicted octanol–water partition coefficient (Wildman–Crippen LogP) is 20.4. The first-order valence-corrected chi connectivity index (χ1v) is 40.0. The largest absolute Gasteiger partial charge is 0.472 e. The fraction of sp³-hybridized carbons (Fsp3) is 0.944. The minimum atomic E-state index is -4.95. The number of esters is 4. The summed E-state index contributed by atoms with van der Waals surface area (Å²) in [5.74, 6) is -0.483. The van der Waals surface area contributed by atoms with Gasteiger partial charge in [-0.25, -0.2) is 9.13 Å². The fourth-order valence-electron chi connectivity index (χ4n) is 10.7. The first-order valence-electron chi connectivity index (χ1n) is 37.0. The Balaban J connectivity index is 5.13. The maximum absolute atomic E-state index is 13.0. The van der Waals surface area contributed by atoms with Crippen LogP contribution >= 0.6 is 15.6 Å². The molecule has 17 nitrogen and oxygen atoms in total. The molecule has 0 saturated carbocycles. The number of hydrogen-bond acceptors (Lipinski definition) is 15. The van der Waals surface area contributed by atoms with Crippen LogP contribution in [0.15, 0.2) is 0 Å². The lowest BCUT2D eigenvalue weighted by atomic mass is 9.99. The highest BCUT2D eigenvalue weighted by Gasteiger charge is 2.30. The van der Waals surface area contributed by atoms with Crippen LogP contribution in [0.5, 0.6) is 0 Å². The number of carbonyl (C=O) groups excluding carboxylic acids is 4. The lowest BCUT2D eigenvalue weighted by Gasteiger charge is -2.21. The van der Waals surface area contributed by atoms with E-state index in [4.69, 9.17) is 37.0 Å². The second-order valence-corrected chi connectivity index (χ2v) is 29.3. The molecule has 0 saturated heterocycles. The van der Waals surface area contributed by atoms with Crippen LogP contribution in [0.25, 0.3) is 0 Å². The number of aliphatic hydroxyl groups excluding tert-OH is 1. The molecule has 0 aromatic carbocycles. The molecule has 534 valence electrons. The normalized spacial score (nSPS) is 14.4. The van der Waals surface area contributed by atoms with Gasteiger partial charge < -0.3 is 33.8 Å². The first-order chi connectivity index (χ1) is 43.4. The summed E-state index contributed by atoms with van der Waals surface area (Å²) in [5.41, 5.74) is 0. The van der Waals surface area contributed by atoms with E-state index in [1.165, 1.54) is 173 Å². The number of phosphoric ester groups is 2. The zero-order valence-electron chi connectivity index (χ0n) is 58.4. The first kappa shape index (κ1) is 88.1. The molecule has 3 unspecified atom stereocenters. The molecule has 0 spiro atoms. The van der Waals surface area contributed by atoms with Crippen molar-refractivity contribution in [1.82, 2.24) is 0 Å². The summed E-state index contributed by atoms with van der Waals surface area (Å²) in [6, 6.07) is 0. The van der Waals surface area contributed by atoms with E-state index in [9.17, 15) is 43.2 Å². The van der Waals surface area contributed by atoms with Crippen LogP contribution in [0.2, 0.25) is 0 Å². The van der Waals surface area contributed by atoms with Crippen molar-refractivity contribution in [2.75, 3.05) is 39.6 Å². The predicted molar refractivity (Wildman–Crippen MR) is 363 cm³/mol. The quantitative estimate of drug-likeness (QED) is 0.0222. The summed E-state index contributed by atoms with van der Waals surface area (Å²) >= 11 is 0. The van der Waals surface area contributed by atoms with Crippen LogP contribution in [0.4, 0.5) is 0 Å². The smallest absolute Gasteiger partial charge is 0.462 e. The molecule has 0 aromatic heterocycles. The lowest BCUT2D eigenvalue weighted by molar-refractivity contribution is -0.161. The lowest BCUT2D eigenvalue weighted by Crippen LogP contribution is -2.30. The highest BCUT2D eigenvalue weighted by atomic mass is 31.2. The Labute approximate surface area is 549 Å². The van der Waals surface area contributed by atoms with Crippen molar-refractivity contribution < 1.29 is 80.2 Å². The fourth-order valence-corrected chi connectivity index (χ4v) is 12.3. The molecule has 0 bridgehead atoms. The molecule has 0 rings (SSSR count). The molecular formula is C71H138O17P2. The molecule has 0 heterocycles. The molecule has 0 aliphatic rings. The van der Waals surface area contributed by atoms with E-state index in [1.54, 1.807) is 0 Å². The molecule has 0 aromatic rings. The van der Waals surface area contributed by atoms with Gasteiger partial charge in [-0.15, -0.1) is 0 Å². The number of unbranched alkanes of at least 4 members (excludes halogenated alkanes) is 39. The minimum absolute atomic E-state index is 0.105. The molecule has 90 heavy (non-hydrogen) atoms. The van der Waals surface area contributed by atoms with Gasteiger partial charge in [-0.2, -0.15) is 0 Å². The second kappa shape index (κ2) is 63.1. The van der Waals surface area contributed by atoms with Crippen molar-refractivity contribution in [3.8, 4) is 0 Å². The number of rotatable bonds is 70. The van der Waals surface area contributed by atoms with Crippen LogP contribution < -0.4 is 0 Å². The monoisotopic (exact) mass is 1320 g/mol. The third-order valence-electron chi connectivity index (χ3n) is 16.8. The number of hydrogen-bond donors (Lipinski definition) is 3. The second-order valence-electron chi connectivity index (χ2n) is 26.3. The van der Waals surface area contributed by atoms with Crippen LogP contribution in [-0.2, 0) is 65.4 Å². The Morgan fingerprint density at radius 2 is 0.567 bits per heavy atom. The van der Waals surface area contributed by atoms with Gasteiger partial charge >= 0.3 is 39.5 Å². The summed E-state index contributed by atoms with van der Waals surface area (Å²) in [5, 5.41) is 10.6. The molecule has 6 atom stereocenters. The van der Waals surface area contributed by atoms with Gasteiger partial charge in [0.1, 0.15) is 19.3 Å². The molecule has 0 radical (unpaired) electrons. The van der Waals surface area contributed by atoms with Crippen molar-refractivity contribution in [3.05, 3.63) is 0 Å². The van der Waals surface area contributed by atoms with Crippen LogP contribution in [0.1, 0.15) is 363 Å². The maximum Gasteiger partial charge on any atom is 0.472 e. The Hall–Kier alpha value is -1.94. The standard InChI is InChI=1S/C71H138O17P2/c1-7-10-12-14-15-29-37-43-49-55-70(75)87-66(59-81-68(73)53-47-39-13-11-8-2)61-85-89(77,78)83-57-65(72)58-84-90(79,80)86-62-67(88-71(76)56-50-44-38-33-28-24-18-16-17-21-25-30-34-40-45-51-63(4)5)60-82-69(74)54-48-42-36-32-27-23-20-19-22-26-31-35-41-46-52-64(6)9-3/h63-67,72H,7-62H2,1-6H3,(H,77,78)(H,79,80)/t64?,65-,66+,67+/m0/s1. The molecule has 0 amide bonds. The highest BCUT2D eigenvalue weighted by molar-refractivity contribution is 7.47. The number of carbonyl (C=O) groups is 4. The van der Waals surface area contributed by atoms with E-state index in [2.05, 4.69) is 41.5 Å². The molecule has 0 aliphatic carbocycles. The highest BCUT2D eigenvalue weighted by Crippen LogP contribution is 2.45. The van der Waals surface area contributed by atoms with Gasteiger partial charge in [-0.1, -0.05) is 311 Å². The minimum Gasteiger partial charge on any atom is -0.462 e. The summed E-state index contributed by atoms with van der Waals surface area (Å²) < 4.78 is 68.0. The van der Waals surface area contributed by atoms with Gasteiger partial charge in [-0.05, 0) is 37.5 Å². The van der Waals surface area contributed by atoms with Gasteiger partial charge in [0.2, 0.25) is 0 Å². The third kappa shape index (κ3) is 63.5. The topological polar surface area (TPSA) is 237 Å². The van der Waals surface area contributed by atoms with E-state index in [0.717, 1.165) is 108 Å². The van der Waals surface area contributed by atoms with Crippen LogP contribution in [0.3, 0.4) is 0 Å². The summed E-state index contributed by atoms with van der Waals surface area (Å²) in [6.45, 7) is 9.53. The van der Waals surface area contributed by atoms with Crippen LogP contribution in [0, 0.1) is 11.8 Å². The number of ether oxygens (including phenoxy) is 4. The van der Waals surface area contributed by atoms with E-state index in [1.807, 2.05) is 0 Å². The average molecular weight is 1330 g/mol. The van der Waals surface area contributed by atoms with E-state index in [0.29, 0.717) is 25.7 Å². The zero-order valence-corrected chi connectivity index (χ0v) is 60.2. The summed E-state index contributed by atoms with van der Waals surface area (Å²) in [7, 11) is -9.89. The van der Waals surface area contributed by atoms with E-state index >= 15 is 0 Å². The van der Waals surface area contributed by atoms with Gasteiger partial charge in [0, 0.05) is 25.7 Å². The molecular weight excluding hydrogens is 1190 g/mol. The summed E-state index contributed by atoms with van der Waals surface area (Å²) in [6.07, 6.45) is 49.0. The van der Waals surface area contributed by atoms with E-state index < -0.39 is 97.5 Å². The van der Waals surface area contributed by atoms with Crippen molar-refractivity contribution >= 4 is 39.5 Å². The molecule has 0 fully saturated rings. The summed E-state index contributed by atoms with van der Waals surface area (Å²) in [4.78, 5) is 72.2. The maximum atomic E-state index is 13.0. The number of phosphoric acid groups is 2. The number of aliphatic hydroxyl groups is 1. The molecule has 3 N–H and O–H groups in total.